The van der Waals surface area contributed by atoms with Gasteiger partial charge in [-0.2, -0.15) is 0 Å². The summed E-state index contributed by atoms with van der Waals surface area (Å²) in [5, 5.41) is 1.87. The van der Waals surface area contributed by atoms with E-state index in [0.717, 1.165) is 12.0 Å². The van der Waals surface area contributed by atoms with Gasteiger partial charge in [0.25, 0.3) is 5.91 Å². The van der Waals surface area contributed by atoms with Crippen LogP contribution < -0.4 is 5.32 Å². The Morgan fingerprint density at radius 2 is 1.64 bits per heavy atom. The lowest BCUT2D eigenvalue weighted by Crippen LogP contribution is -2.47. The molecule has 0 aromatic carbocycles. The molecule has 1 aliphatic carbocycles. The number of nitrogens with zero attached hydrogens (tertiary/aromatic N) is 1. The second-order valence-electron chi connectivity index (χ2n) is 5.94. The topological polar surface area (TPSA) is 119 Å². The first-order chi connectivity index (χ1) is 11.8. The molecule has 25 heavy (non-hydrogen) atoms. The number of amides is 4. The maximum absolute atomic E-state index is 12.4. The SMILES string of the molecule is COC(=O)NC(=O)[C@@H](C)OC(=O)[C@H](C)N1C(=O)[C@H]2CC=CC[C@H]2C1=O. The van der Waals surface area contributed by atoms with E-state index in [1.54, 1.807) is 0 Å². The van der Waals surface area contributed by atoms with Crippen molar-refractivity contribution in [1.82, 2.24) is 10.2 Å². The molecule has 2 rings (SSSR count). The number of likely N-dealkylation sites (tertiary alicyclic amines) is 1. The van der Waals surface area contributed by atoms with Gasteiger partial charge < -0.3 is 9.47 Å². The van der Waals surface area contributed by atoms with E-state index >= 15 is 0 Å². The van der Waals surface area contributed by atoms with E-state index in [1.807, 2.05) is 17.5 Å². The highest BCUT2D eigenvalue weighted by Crippen LogP contribution is 2.36. The fourth-order valence-electron chi connectivity index (χ4n) is 2.89. The predicted octanol–water partition coefficient (Wildman–Crippen LogP) is 0.140. The molecule has 1 fully saturated rings. The monoisotopic (exact) mass is 352 g/mol. The number of rotatable bonds is 4. The van der Waals surface area contributed by atoms with E-state index in [2.05, 4.69) is 4.74 Å². The number of carbonyl (C=O) groups is 5. The number of alkyl carbamates (subject to hydrolysis) is 1. The normalized spacial score (nSPS) is 24.4. The fourth-order valence-corrected chi connectivity index (χ4v) is 2.89. The van der Waals surface area contributed by atoms with Crippen molar-refractivity contribution < 1.29 is 33.4 Å². The molecule has 0 aromatic rings. The zero-order valence-corrected chi connectivity index (χ0v) is 14.2. The third-order valence-electron chi connectivity index (χ3n) is 4.34. The van der Waals surface area contributed by atoms with E-state index in [-0.39, 0.29) is 0 Å². The van der Waals surface area contributed by atoms with E-state index in [9.17, 15) is 24.0 Å². The van der Waals surface area contributed by atoms with Crippen LogP contribution in [0.25, 0.3) is 0 Å². The molecule has 4 amide bonds. The first-order valence-electron chi connectivity index (χ1n) is 7.89. The molecule has 2 aliphatic rings. The number of hydrogen-bond donors (Lipinski definition) is 1. The minimum atomic E-state index is -1.29. The molecule has 0 saturated carbocycles. The molecule has 9 heteroatoms. The fraction of sp³-hybridized carbons (Fsp3) is 0.562. The molecule has 1 heterocycles. The highest BCUT2D eigenvalue weighted by atomic mass is 16.6. The highest BCUT2D eigenvalue weighted by molar-refractivity contribution is 6.08. The van der Waals surface area contributed by atoms with Crippen molar-refractivity contribution in [1.29, 1.82) is 0 Å². The first kappa shape index (κ1) is 18.6. The molecule has 1 aliphatic heterocycles. The Labute approximate surface area is 144 Å². The molecule has 0 unspecified atom stereocenters. The van der Waals surface area contributed by atoms with Gasteiger partial charge in [0.2, 0.25) is 11.8 Å². The van der Waals surface area contributed by atoms with Crippen molar-refractivity contribution in [2.24, 2.45) is 11.8 Å². The predicted molar refractivity (Wildman–Crippen MR) is 82.8 cm³/mol. The minimum absolute atomic E-state index is 0.407. The van der Waals surface area contributed by atoms with Crippen molar-refractivity contribution in [3.05, 3.63) is 12.2 Å². The molecular weight excluding hydrogens is 332 g/mol. The standard InChI is InChI=1S/C16H20N2O7/c1-8(15(22)25-9(2)12(19)17-16(23)24-3)18-13(20)10-6-4-5-7-11(10)14(18)21/h4-5,8-11H,6-7H2,1-3H3,(H,17,19,23)/t8-,9+,10-,11+/m0/s1. The summed E-state index contributed by atoms with van der Waals surface area (Å²) in [6.45, 7) is 2.63. The van der Waals surface area contributed by atoms with E-state index in [0.29, 0.717) is 12.8 Å². The molecule has 136 valence electrons. The third kappa shape index (κ3) is 3.70. The first-order valence-corrected chi connectivity index (χ1v) is 7.89. The van der Waals surface area contributed by atoms with Crippen molar-refractivity contribution in [3.8, 4) is 0 Å². The zero-order valence-electron chi connectivity index (χ0n) is 14.2. The number of nitrogens with one attached hydrogen (secondary N) is 1. The molecule has 0 aromatic heterocycles. The second kappa shape index (κ2) is 7.45. The summed E-state index contributed by atoms with van der Waals surface area (Å²) in [4.78, 5) is 60.6. The van der Waals surface area contributed by atoms with Gasteiger partial charge in [-0.25, -0.2) is 9.59 Å². The molecule has 4 atom stereocenters. The lowest BCUT2D eigenvalue weighted by Gasteiger charge is -2.23. The van der Waals surface area contributed by atoms with Crippen LogP contribution >= 0.6 is 0 Å². The Morgan fingerprint density at radius 1 is 1.12 bits per heavy atom. The van der Waals surface area contributed by atoms with Crippen LogP contribution in [0.5, 0.6) is 0 Å². The van der Waals surface area contributed by atoms with Crippen molar-refractivity contribution >= 4 is 29.8 Å². The maximum atomic E-state index is 12.4. The molecule has 0 radical (unpaired) electrons. The lowest BCUT2D eigenvalue weighted by molar-refractivity contribution is -0.163. The summed E-state index contributed by atoms with van der Waals surface area (Å²) in [7, 11) is 1.08. The van der Waals surface area contributed by atoms with Crippen LogP contribution in [-0.4, -0.2) is 53.9 Å². The van der Waals surface area contributed by atoms with Gasteiger partial charge in [0.05, 0.1) is 18.9 Å². The van der Waals surface area contributed by atoms with Crippen LogP contribution in [0.1, 0.15) is 26.7 Å². The van der Waals surface area contributed by atoms with E-state index in [4.69, 9.17) is 4.74 Å². The molecule has 0 spiro atoms. The third-order valence-corrected chi connectivity index (χ3v) is 4.34. The average molecular weight is 352 g/mol. The van der Waals surface area contributed by atoms with E-state index in [1.165, 1.54) is 13.8 Å². The van der Waals surface area contributed by atoms with Gasteiger partial charge in [-0.05, 0) is 26.7 Å². The van der Waals surface area contributed by atoms with Crippen LogP contribution in [0.4, 0.5) is 4.79 Å². The number of imide groups is 2. The summed E-state index contributed by atoms with van der Waals surface area (Å²) < 4.78 is 9.23. The van der Waals surface area contributed by atoms with Crippen molar-refractivity contribution in [3.63, 3.8) is 0 Å². The minimum Gasteiger partial charge on any atom is -0.453 e. The molecule has 1 N–H and O–H groups in total. The Morgan fingerprint density at radius 3 is 2.12 bits per heavy atom. The van der Waals surface area contributed by atoms with Crippen molar-refractivity contribution in [2.75, 3.05) is 7.11 Å². The maximum Gasteiger partial charge on any atom is 0.413 e. The number of esters is 1. The van der Waals surface area contributed by atoms with Gasteiger partial charge in [0.15, 0.2) is 6.10 Å². The number of carbonyl (C=O) groups excluding carboxylic acids is 5. The molecule has 9 nitrogen and oxygen atoms in total. The van der Waals surface area contributed by atoms with Crippen molar-refractivity contribution in [2.45, 2.75) is 38.8 Å². The Hall–Kier alpha value is -2.71. The average Bonchev–Trinajstić information content (AvgIpc) is 2.85. The summed E-state index contributed by atoms with van der Waals surface area (Å²) in [6.07, 6.45) is 2.35. The zero-order chi connectivity index (χ0) is 18.7. The summed E-state index contributed by atoms with van der Waals surface area (Å²) in [5.41, 5.74) is 0. The van der Waals surface area contributed by atoms with Crippen LogP contribution in [-0.2, 0) is 28.7 Å². The number of methoxy groups -OCH3 is 1. The Balaban J connectivity index is 2.00. The van der Waals surface area contributed by atoms with Crippen LogP contribution in [0.15, 0.2) is 12.2 Å². The van der Waals surface area contributed by atoms with Gasteiger partial charge >= 0.3 is 12.1 Å². The summed E-state index contributed by atoms with van der Waals surface area (Å²) >= 11 is 0. The Kier molecular flexibility index (Phi) is 5.55. The van der Waals surface area contributed by atoms with Gasteiger partial charge in [0, 0.05) is 0 Å². The number of ether oxygens (including phenoxy) is 2. The van der Waals surface area contributed by atoms with Gasteiger partial charge in [0.1, 0.15) is 6.04 Å². The van der Waals surface area contributed by atoms with E-state index < -0.39 is 53.8 Å². The Bertz CT molecular complexity index is 616. The molecular formula is C16H20N2O7. The number of allylic oxidation sites excluding steroid dienone is 2. The highest BCUT2D eigenvalue weighted by Gasteiger charge is 2.50. The molecule has 1 saturated heterocycles. The van der Waals surface area contributed by atoms with Gasteiger partial charge in [-0.1, -0.05) is 12.2 Å². The number of fused-ring (bicyclic) bond motifs is 1. The van der Waals surface area contributed by atoms with Crippen LogP contribution in [0.3, 0.4) is 0 Å². The second-order valence-corrected chi connectivity index (χ2v) is 5.94. The largest absolute Gasteiger partial charge is 0.453 e. The smallest absolute Gasteiger partial charge is 0.413 e. The van der Waals surface area contributed by atoms with Gasteiger partial charge in [-0.3, -0.25) is 24.6 Å². The number of hydrogen-bond acceptors (Lipinski definition) is 7. The summed E-state index contributed by atoms with van der Waals surface area (Å²) in [5.74, 6) is -3.49. The molecule has 0 bridgehead atoms. The lowest BCUT2D eigenvalue weighted by atomic mass is 9.85. The summed E-state index contributed by atoms with van der Waals surface area (Å²) in [6, 6.07) is -1.15. The van der Waals surface area contributed by atoms with Gasteiger partial charge in [-0.15, -0.1) is 0 Å². The quantitative estimate of drug-likeness (QED) is 0.434. The van der Waals surface area contributed by atoms with Crippen LogP contribution in [0.2, 0.25) is 0 Å². The van der Waals surface area contributed by atoms with Crippen LogP contribution in [0, 0.1) is 11.8 Å².